The molecule has 3 fully saturated rings. The van der Waals surface area contributed by atoms with Gasteiger partial charge in [-0.3, -0.25) is 19.0 Å². The van der Waals surface area contributed by atoms with Gasteiger partial charge in [0.25, 0.3) is 5.91 Å². The van der Waals surface area contributed by atoms with E-state index in [0.29, 0.717) is 44.3 Å². The minimum atomic E-state index is -3.76. The first-order chi connectivity index (χ1) is 27.9. The van der Waals surface area contributed by atoms with Gasteiger partial charge in [-0.25, -0.2) is 8.42 Å². The number of rotatable bonds is 10. The fourth-order valence-electron chi connectivity index (χ4n) is 9.78. The van der Waals surface area contributed by atoms with Crippen molar-refractivity contribution in [2.24, 2.45) is 5.92 Å². The molecule has 0 unspecified atom stereocenters. The molecule has 1 N–H and O–H groups in total. The Morgan fingerprint density at radius 3 is 2.41 bits per heavy atom. The summed E-state index contributed by atoms with van der Waals surface area (Å²) in [5.74, 6) is 0.239. The molecule has 0 spiro atoms. The predicted molar refractivity (Wildman–Crippen MR) is 225 cm³/mol. The van der Waals surface area contributed by atoms with Crippen molar-refractivity contribution in [2.75, 3.05) is 39.2 Å². The Morgan fingerprint density at radius 1 is 0.966 bits per heavy atom. The number of fused-ring (bicyclic) bond motifs is 5. The number of nitrogens with one attached hydrogen (secondary N) is 1. The van der Waals surface area contributed by atoms with Crippen LogP contribution in [0.4, 0.5) is 0 Å². The van der Waals surface area contributed by atoms with E-state index in [0.717, 1.165) is 88.8 Å². The lowest BCUT2D eigenvalue weighted by Gasteiger charge is -2.35. The largest absolute Gasteiger partial charge is 0.497 e. The third-order valence-electron chi connectivity index (χ3n) is 12.1. The second kappa shape index (κ2) is 16.7. The molecule has 2 saturated heterocycles. The molecule has 12 nitrogen and oxygen atoms in total. The molecule has 2 aromatic carbocycles. The number of hydrogen-bond acceptors (Lipinski definition) is 8. The van der Waals surface area contributed by atoms with Crippen LogP contribution in [0.15, 0.2) is 42.6 Å². The first-order valence-electron chi connectivity index (χ1n) is 21.1. The molecular weight excluding hydrogens is 755 g/mol. The van der Waals surface area contributed by atoms with Crippen molar-refractivity contribution >= 4 is 44.4 Å². The summed E-state index contributed by atoms with van der Waals surface area (Å²) < 4.78 is 49.8. The van der Waals surface area contributed by atoms with Gasteiger partial charge in [-0.05, 0) is 104 Å². The maximum absolute atomic E-state index is 14.7. The molecule has 5 heterocycles. The van der Waals surface area contributed by atoms with E-state index in [1.165, 1.54) is 12.0 Å². The van der Waals surface area contributed by atoms with Crippen LogP contribution in [0.1, 0.15) is 117 Å². The average molecular weight is 812 g/mol. The number of carbonyl (C=O) groups excluding carboxylic acids is 2. The van der Waals surface area contributed by atoms with E-state index in [4.69, 9.17) is 19.3 Å². The van der Waals surface area contributed by atoms with Crippen LogP contribution in [0, 0.1) is 5.92 Å². The number of carbonyl (C=O) groups is 2. The number of sulfonamides is 1. The zero-order valence-corrected chi connectivity index (χ0v) is 35.3. The van der Waals surface area contributed by atoms with Crippen LogP contribution in [0.3, 0.4) is 0 Å². The van der Waals surface area contributed by atoms with Gasteiger partial charge in [0.15, 0.2) is 0 Å². The van der Waals surface area contributed by atoms with Crippen molar-refractivity contribution in [1.82, 2.24) is 24.0 Å². The number of allylic oxidation sites excluding steroid dienone is 1. The molecular formula is C45H57N5O7S. The Bertz CT molecular complexity index is 2320. The van der Waals surface area contributed by atoms with E-state index in [2.05, 4.69) is 44.3 Å². The molecule has 13 heteroatoms. The van der Waals surface area contributed by atoms with Gasteiger partial charge in [-0.15, -0.1) is 0 Å². The molecule has 4 aromatic rings. The number of ether oxygens (including phenoxy) is 3. The highest BCUT2D eigenvalue weighted by atomic mass is 32.2. The number of amides is 2. The Morgan fingerprint density at radius 2 is 1.71 bits per heavy atom. The third-order valence-corrected chi connectivity index (χ3v) is 13.8. The zero-order chi connectivity index (χ0) is 40.7. The molecule has 0 radical (unpaired) electrons. The van der Waals surface area contributed by atoms with Gasteiger partial charge in [0, 0.05) is 42.8 Å². The summed E-state index contributed by atoms with van der Waals surface area (Å²) in [4.78, 5) is 29.9. The van der Waals surface area contributed by atoms with E-state index in [1.807, 2.05) is 44.7 Å². The van der Waals surface area contributed by atoms with E-state index in [9.17, 15) is 18.0 Å². The maximum Gasteiger partial charge on any atom is 0.257 e. The highest BCUT2D eigenvalue weighted by Crippen LogP contribution is 2.48. The molecule has 1 aliphatic carbocycles. The summed E-state index contributed by atoms with van der Waals surface area (Å²) in [6.45, 7) is 10.3. The number of benzene rings is 2. The van der Waals surface area contributed by atoms with Gasteiger partial charge >= 0.3 is 0 Å². The quantitative estimate of drug-likeness (QED) is 0.176. The smallest absolute Gasteiger partial charge is 0.257 e. The van der Waals surface area contributed by atoms with Crippen LogP contribution >= 0.6 is 0 Å². The second-order valence-electron chi connectivity index (χ2n) is 17.2. The number of hydrogen-bond donors (Lipinski definition) is 1. The number of methoxy groups -OCH3 is 1. The zero-order valence-electron chi connectivity index (χ0n) is 34.5. The van der Waals surface area contributed by atoms with Crippen LogP contribution < -0.4 is 9.46 Å². The minimum absolute atomic E-state index is 0.0533. The van der Waals surface area contributed by atoms with Gasteiger partial charge in [-0.1, -0.05) is 45.2 Å². The standard InChI is InChI=1S/C45H57N5O7S/c1-28(2)27-58(53,54)47-41(51)20-31-11-13-38-40(19-31)49-26-34(21-33-22-36(55-5)12-14-37(33)44(49)42(38)32-9-7-6-8-10-32)43-39(23-46-50(43)35-15-17-56-18-16-35)45(52)48-24-29(3)57-30(4)25-48/h11-14,19,21-23,28-30,32,35H,6-10,15-18,20,24-27H2,1-5H3,(H,47,51)/t29-,30+. The number of morpholine rings is 1. The van der Waals surface area contributed by atoms with Crippen molar-refractivity contribution in [2.45, 2.75) is 110 Å². The van der Waals surface area contributed by atoms with E-state index >= 15 is 0 Å². The Kier molecular flexibility index (Phi) is 11.6. The second-order valence-corrected chi connectivity index (χ2v) is 19.0. The van der Waals surface area contributed by atoms with Gasteiger partial charge in [0.05, 0.1) is 67.2 Å². The van der Waals surface area contributed by atoms with E-state index < -0.39 is 15.9 Å². The summed E-state index contributed by atoms with van der Waals surface area (Å²) in [5, 5.41) is 6.13. The van der Waals surface area contributed by atoms with Gasteiger partial charge in [-0.2, -0.15) is 5.10 Å². The lowest BCUT2D eigenvalue weighted by Crippen LogP contribution is -2.48. The molecule has 0 bridgehead atoms. The van der Waals surface area contributed by atoms with Crippen LogP contribution in [-0.2, 0) is 37.3 Å². The molecule has 3 aliphatic heterocycles. The molecule has 2 aromatic heterocycles. The van der Waals surface area contributed by atoms with Gasteiger partial charge < -0.3 is 23.7 Å². The monoisotopic (exact) mass is 811 g/mol. The summed E-state index contributed by atoms with van der Waals surface area (Å²) in [5.41, 5.74) is 8.52. The lowest BCUT2D eigenvalue weighted by atomic mass is 9.81. The fourth-order valence-corrected chi connectivity index (χ4v) is 11.2. The predicted octanol–water partition coefficient (Wildman–Crippen LogP) is 7.36. The van der Waals surface area contributed by atoms with Crippen LogP contribution in [0.5, 0.6) is 5.75 Å². The lowest BCUT2D eigenvalue weighted by molar-refractivity contribution is -0.118. The van der Waals surface area contributed by atoms with Gasteiger partial charge in [0.1, 0.15) is 5.75 Å². The Hall–Kier alpha value is -4.46. The number of nitrogens with zero attached hydrogens (tertiary/aromatic N) is 4. The van der Waals surface area contributed by atoms with Crippen molar-refractivity contribution in [3.05, 3.63) is 70.5 Å². The highest BCUT2D eigenvalue weighted by Gasteiger charge is 2.35. The van der Waals surface area contributed by atoms with Crippen molar-refractivity contribution in [3.8, 4) is 17.0 Å². The van der Waals surface area contributed by atoms with Crippen LogP contribution in [0.25, 0.3) is 33.8 Å². The van der Waals surface area contributed by atoms with Crippen molar-refractivity contribution in [1.29, 1.82) is 0 Å². The highest BCUT2D eigenvalue weighted by molar-refractivity contribution is 7.90. The first kappa shape index (κ1) is 40.3. The summed E-state index contributed by atoms with van der Waals surface area (Å²) in [6.07, 6.45) is 11.0. The molecule has 2 amide bonds. The molecule has 310 valence electrons. The molecule has 4 aliphatic rings. The van der Waals surface area contributed by atoms with Gasteiger partial charge in [0.2, 0.25) is 15.9 Å². The molecule has 1 saturated carbocycles. The number of aromatic nitrogens is 3. The average Bonchev–Trinajstić information content (AvgIpc) is 3.71. The minimum Gasteiger partial charge on any atom is -0.497 e. The summed E-state index contributed by atoms with van der Waals surface area (Å²) in [6, 6.07) is 12.5. The van der Waals surface area contributed by atoms with Crippen LogP contribution in [0.2, 0.25) is 0 Å². The summed E-state index contributed by atoms with van der Waals surface area (Å²) >= 11 is 0. The maximum atomic E-state index is 14.7. The van der Waals surface area contributed by atoms with Crippen molar-refractivity contribution < 1.29 is 32.2 Å². The third kappa shape index (κ3) is 8.22. The normalized spacial score (nSPS) is 20.7. The van der Waals surface area contributed by atoms with E-state index in [-0.39, 0.29) is 42.2 Å². The topological polar surface area (TPSA) is 134 Å². The van der Waals surface area contributed by atoms with Crippen molar-refractivity contribution in [3.63, 3.8) is 0 Å². The summed E-state index contributed by atoms with van der Waals surface area (Å²) in [7, 11) is -2.08. The Balaban J connectivity index is 1.31. The Labute approximate surface area is 341 Å². The molecule has 2 atom stereocenters. The molecule has 8 rings (SSSR count). The SMILES string of the molecule is COc1ccc2c(c1)C=C(c1c(C(=O)N3C[C@@H](C)O[C@@H](C)C3)cnn1C1CCOCC1)Cn1c-2c(C2CCCCC2)c2ccc(CC(=O)NS(=O)(=O)CC(C)C)cc21. The molecule has 58 heavy (non-hydrogen) atoms. The first-order valence-corrected chi connectivity index (χ1v) is 22.7. The fraction of sp³-hybridized carbons (Fsp3) is 0.533. The van der Waals surface area contributed by atoms with Crippen LogP contribution in [-0.4, -0.2) is 90.9 Å². The van der Waals surface area contributed by atoms with E-state index in [1.54, 1.807) is 13.3 Å².